The van der Waals surface area contributed by atoms with Gasteiger partial charge in [-0.05, 0) is 24.5 Å². The maximum atomic E-state index is 12.4. The molecular weight excluding hydrogens is 300 g/mol. The lowest BCUT2D eigenvalue weighted by molar-refractivity contribution is 0.103. The van der Waals surface area contributed by atoms with E-state index in [0.717, 1.165) is 11.1 Å². The fraction of sp³-hybridized carbons (Fsp3) is 0.200. The second-order valence-electron chi connectivity index (χ2n) is 5.38. The maximum absolute atomic E-state index is 12.4. The van der Waals surface area contributed by atoms with Crippen molar-refractivity contribution in [3.05, 3.63) is 84.4 Å². The van der Waals surface area contributed by atoms with Gasteiger partial charge in [0.05, 0.1) is 5.71 Å². The normalized spacial score (nSPS) is 11.0. The Bertz CT molecular complexity index is 681. The first-order chi connectivity index (χ1) is 11.7. The number of hydrogen-bond donors (Lipinski definition) is 0. The molecule has 0 fully saturated rings. The molecule has 0 bridgehead atoms. The summed E-state index contributed by atoms with van der Waals surface area (Å²) in [6, 6.07) is 19.4. The third-order valence-corrected chi connectivity index (χ3v) is 3.53. The fourth-order valence-corrected chi connectivity index (χ4v) is 2.18. The van der Waals surface area contributed by atoms with Gasteiger partial charge in [-0.1, -0.05) is 71.9 Å². The van der Waals surface area contributed by atoms with Crippen LogP contribution in [0.25, 0.3) is 0 Å². The Morgan fingerprint density at radius 3 is 2.38 bits per heavy atom. The molecule has 0 saturated heterocycles. The van der Waals surface area contributed by atoms with Gasteiger partial charge in [0.2, 0.25) is 0 Å². The monoisotopic (exact) mass is 322 g/mol. The van der Waals surface area contributed by atoms with Crippen molar-refractivity contribution in [2.45, 2.75) is 19.9 Å². The van der Waals surface area contributed by atoms with E-state index in [1.54, 1.807) is 11.0 Å². The van der Waals surface area contributed by atoms with Gasteiger partial charge < -0.3 is 4.90 Å². The lowest BCUT2D eigenvalue weighted by atomic mass is 10.1. The first kappa shape index (κ1) is 17.5. The molecule has 124 valence electrons. The molecule has 0 aliphatic rings. The summed E-state index contributed by atoms with van der Waals surface area (Å²) in [7, 11) is 0. The molecule has 0 aliphatic heterocycles. The van der Waals surface area contributed by atoms with Crippen molar-refractivity contribution in [2.75, 3.05) is 6.54 Å². The summed E-state index contributed by atoms with van der Waals surface area (Å²) in [5, 5.41) is 3.96. The average Bonchev–Trinajstić information content (AvgIpc) is 2.64. The molecule has 2 aromatic carbocycles. The van der Waals surface area contributed by atoms with Crippen molar-refractivity contribution in [3.8, 4) is 0 Å². The van der Waals surface area contributed by atoms with Gasteiger partial charge in [0.1, 0.15) is 0 Å². The highest BCUT2D eigenvalue weighted by Crippen LogP contribution is 2.08. The Morgan fingerprint density at radius 1 is 1.12 bits per heavy atom. The largest absolute Gasteiger partial charge is 0.436 e. The molecule has 0 aromatic heterocycles. The number of carbonyl (C=O) groups excluding carboxylic acids is 1. The minimum atomic E-state index is -0.462. The van der Waals surface area contributed by atoms with Gasteiger partial charge in [-0.15, -0.1) is 6.58 Å². The van der Waals surface area contributed by atoms with Gasteiger partial charge in [0.25, 0.3) is 0 Å². The molecule has 0 saturated carbocycles. The van der Waals surface area contributed by atoms with Gasteiger partial charge in [-0.2, -0.15) is 0 Å². The topological polar surface area (TPSA) is 41.9 Å². The molecule has 0 unspecified atom stereocenters. The molecule has 24 heavy (non-hydrogen) atoms. The van der Waals surface area contributed by atoms with Crippen molar-refractivity contribution in [3.63, 3.8) is 0 Å². The summed E-state index contributed by atoms with van der Waals surface area (Å²) in [5.74, 6) is 0. The number of nitrogens with zero attached hydrogens (tertiary/aromatic N) is 2. The van der Waals surface area contributed by atoms with E-state index in [4.69, 9.17) is 4.84 Å². The van der Waals surface area contributed by atoms with E-state index in [1.807, 2.05) is 67.6 Å². The molecule has 2 aromatic rings. The zero-order chi connectivity index (χ0) is 17.2. The summed E-state index contributed by atoms with van der Waals surface area (Å²) in [6.07, 6.45) is 2.02. The number of rotatable bonds is 7. The van der Waals surface area contributed by atoms with Crippen LogP contribution in [0.3, 0.4) is 0 Å². The van der Waals surface area contributed by atoms with Crippen LogP contribution >= 0.6 is 0 Å². The molecule has 4 nitrogen and oxygen atoms in total. The number of hydrogen-bond acceptors (Lipinski definition) is 3. The Kier molecular flexibility index (Phi) is 6.77. The molecule has 0 aliphatic carbocycles. The van der Waals surface area contributed by atoms with E-state index < -0.39 is 6.09 Å². The Morgan fingerprint density at radius 2 is 1.75 bits per heavy atom. The van der Waals surface area contributed by atoms with Crippen molar-refractivity contribution in [1.82, 2.24) is 4.90 Å². The average molecular weight is 322 g/mol. The van der Waals surface area contributed by atoms with Crippen LogP contribution in [0, 0.1) is 0 Å². The van der Waals surface area contributed by atoms with Crippen LogP contribution in [0.15, 0.2) is 78.5 Å². The first-order valence-electron chi connectivity index (χ1n) is 7.91. The quantitative estimate of drug-likeness (QED) is 0.323. The number of oxime groups is 1. The lowest BCUT2D eigenvalue weighted by Crippen LogP contribution is -2.31. The van der Waals surface area contributed by atoms with Gasteiger partial charge in [0.15, 0.2) is 0 Å². The highest BCUT2D eigenvalue weighted by atomic mass is 16.7. The molecule has 0 radical (unpaired) electrons. The highest BCUT2D eigenvalue weighted by molar-refractivity contribution is 5.98. The van der Waals surface area contributed by atoms with Crippen molar-refractivity contribution in [2.24, 2.45) is 5.16 Å². The molecule has 1 amide bonds. The summed E-state index contributed by atoms with van der Waals surface area (Å²) in [5.41, 5.74) is 2.63. The Hall–Kier alpha value is -2.88. The number of benzene rings is 2. The minimum Gasteiger partial charge on any atom is -0.302 e. The molecule has 0 heterocycles. The van der Waals surface area contributed by atoms with E-state index >= 15 is 0 Å². The zero-order valence-corrected chi connectivity index (χ0v) is 13.9. The van der Waals surface area contributed by atoms with Crippen molar-refractivity contribution in [1.29, 1.82) is 0 Å². The zero-order valence-electron chi connectivity index (χ0n) is 13.9. The standard InChI is InChI=1S/C20H22N2O2/c1-3-4-15-22(16-18-11-7-5-8-12-18)20(23)24-21-17(2)19-13-9-6-10-14-19/h3,5-14H,1,4,15-16H2,2H3/b21-17+. The second-order valence-corrected chi connectivity index (χ2v) is 5.38. The Labute approximate surface area is 143 Å². The van der Waals surface area contributed by atoms with Crippen molar-refractivity contribution >= 4 is 11.8 Å². The molecule has 0 spiro atoms. The summed E-state index contributed by atoms with van der Waals surface area (Å²) in [6.45, 7) is 6.54. The van der Waals surface area contributed by atoms with Crippen LogP contribution in [0.5, 0.6) is 0 Å². The van der Waals surface area contributed by atoms with Crippen LogP contribution < -0.4 is 0 Å². The third-order valence-electron chi connectivity index (χ3n) is 3.53. The van der Waals surface area contributed by atoms with Crippen molar-refractivity contribution < 1.29 is 9.63 Å². The third kappa shape index (κ3) is 5.39. The summed E-state index contributed by atoms with van der Waals surface area (Å²) >= 11 is 0. The SMILES string of the molecule is C=CCCN(Cc1ccccc1)C(=O)O/N=C(\C)c1ccccc1. The molecular formula is C20H22N2O2. The minimum absolute atomic E-state index is 0.462. The Balaban J connectivity index is 2.03. The van der Waals surface area contributed by atoms with E-state index in [0.29, 0.717) is 25.2 Å². The maximum Gasteiger partial charge on any atom is 0.436 e. The van der Waals surface area contributed by atoms with Crippen LogP contribution in [-0.2, 0) is 11.4 Å². The van der Waals surface area contributed by atoms with E-state index in [2.05, 4.69) is 11.7 Å². The van der Waals surface area contributed by atoms with Crippen LogP contribution in [0.1, 0.15) is 24.5 Å². The van der Waals surface area contributed by atoms with Gasteiger partial charge >= 0.3 is 6.09 Å². The summed E-state index contributed by atoms with van der Waals surface area (Å²) < 4.78 is 0. The molecule has 2 rings (SSSR count). The van der Waals surface area contributed by atoms with E-state index in [-0.39, 0.29) is 0 Å². The smallest absolute Gasteiger partial charge is 0.302 e. The van der Waals surface area contributed by atoms with Gasteiger partial charge in [0, 0.05) is 13.1 Å². The number of carbonyl (C=O) groups is 1. The lowest BCUT2D eigenvalue weighted by Gasteiger charge is -2.20. The van der Waals surface area contributed by atoms with Crippen LogP contribution in [-0.4, -0.2) is 23.2 Å². The predicted octanol–water partition coefficient (Wildman–Crippen LogP) is 4.63. The molecule has 4 heteroatoms. The van der Waals surface area contributed by atoms with Gasteiger partial charge in [-0.3, -0.25) is 4.84 Å². The first-order valence-corrected chi connectivity index (χ1v) is 7.91. The second kappa shape index (κ2) is 9.30. The van der Waals surface area contributed by atoms with E-state index in [9.17, 15) is 4.79 Å². The van der Waals surface area contributed by atoms with E-state index in [1.165, 1.54) is 0 Å². The number of amides is 1. The van der Waals surface area contributed by atoms with Crippen LogP contribution in [0.4, 0.5) is 4.79 Å². The summed E-state index contributed by atoms with van der Waals surface area (Å²) in [4.78, 5) is 19.1. The van der Waals surface area contributed by atoms with Gasteiger partial charge in [-0.25, -0.2) is 4.79 Å². The fourth-order valence-electron chi connectivity index (χ4n) is 2.18. The molecule has 0 N–H and O–H groups in total. The molecule has 0 atom stereocenters. The predicted molar refractivity (Wildman–Crippen MR) is 96.8 cm³/mol. The highest BCUT2D eigenvalue weighted by Gasteiger charge is 2.15. The van der Waals surface area contributed by atoms with Crippen LogP contribution in [0.2, 0.25) is 0 Å².